The zero-order valence-electron chi connectivity index (χ0n) is 12.0. The summed E-state index contributed by atoms with van der Waals surface area (Å²) in [5.41, 5.74) is 13.0. The Morgan fingerprint density at radius 1 is 1.30 bits per heavy atom. The van der Waals surface area contributed by atoms with Crippen LogP contribution in [0.15, 0.2) is 30.3 Å². The van der Waals surface area contributed by atoms with Crippen molar-refractivity contribution in [3.63, 3.8) is 0 Å². The maximum absolute atomic E-state index is 11.5. The van der Waals surface area contributed by atoms with E-state index in [1.807, 2.05) is 0 Å². The summed E-state index contributed by atoms with van der Waals surface area (Å²) in [4.78, 5) is 14.1. The second-order valence-electron chi connectivity index (χ2n) is 4.79. The number of aromatic nitrogens is 3. The Hall–Kier alpha value is -3.56. The van der Waals surface area contributed by atoms with Crippen molar-refractivity contribution in [1.29, 1.82) is 0 Å². The Morgan fingerprint density at radius 3 is 2.83 bits per heavy atom. The molecule has 2 aromatic heterocycles. The van der Waals surface area contributed by atoms with Crippen LogP contribution in [0.2, 0.25) is 0 Å². The number of aryl methyl sites for hydroxylation is 1. The van der Waals surface area contributed by atoms with Gasteiger partial charge in [0.1, 0.15) is 5.69 Å². The number of fused-ring (bicyclic) bond motifs is 1. The Kier molecular flexibility index (Phi) is 3.33. The molecule has 10 nitrogen and oxygen atoms in total. The number of nitrogens with two attached hydrogens (primary N) is 1. The van der Waals surface area contributed by atoms with Crippen LogP contribution in [0.4, 0.5) is 22.9 Å². The first kappa shape index (κ1) is 14.4. The summed E-state index contributed by atoms with van der Waals surface area (Å²) in [6.07, 6.45) is 0. The maximum atomic E-state index is 11.5. The van der Waals surface area contributed by atoms with Crippen molar-refractivity contribution < 1.29 is 10.0 Å². The molecule has 0 radical (unpaired) electrons. The minimum absolute atomic E-state index is 0.0551. The summed E-state index contributed by atoms with van der Waals surface area (Å²) in [5, 5.41) is 26.4. The number of non-ortho nitro benzene ring substituents is 1. The van der Waals surface area contributed by atoms with Gasteiger partial charge in [0.05, 0.1) is 10.6 Å². The van der Waals surface area contributed by atoms with Crippen molar-refractivity contribution in [1.82, 2.24) is 14.6 Å². The maximum Gasteiger partial charge on any atom is 0.271 e. The van der Waals surface area contributed by atoms with E-state index in [1.165, 1.54) is 22.7 Å². The van der Waals surface area contributed by atoms with E-state index in [4.69, 9.17) is 5.73 Å². The summed E-state index contributed by atoms with van der Waals surface area (Å²) < 4.78 is 1.44. The van der Waals surface area contributed by atoms with Crippen molar-refractivity contribution in [2.24, 2.45) is 0 Å². The van der Waals surface area contributed by atoms with Crippen LogP contribution in [-0.2, 0) is 0 Å². The van der Waals surface area contributed by atoms with E-state index >= 15 is 0 Å². The van der Waals surface area contributed by atoms with Gasteiger partial charge in [0, 0.05) is 17.8 Å². The van der Waals surface area contributed by atoms with E-state index in [2.05, 4.69) is 20.9 Å². The van der Waals surface area contributed by atoms with E-state index < -0.39 is 10.8 Å². The molecule has 0 saturated carbocycles. The molecule has 0 unspecified atom stereocenters. The zero-order valence-corrected chi connectivity index (χ0v) is 12.0. The fourth-order valence-corrected chi connectivity index (χ4v) is 2.10. The second kappa shape index (κ2) is 5.33. The predicted molar refractivity (Wildman–Crippen MR) is 81.9 cm³/mol. The lowest BCUT2D eigenvalue weighted by molar-refractivity contribution is -0.384. The molecule has 0 aliphatic carbocycles. The SMILES string of the molecule is Cc1cc([O-])nc2c(NNc3cccc([N+](=O)[O-])c3)c(N)nn12. The molecule has 23 heavy (non-hydrogen) atoms. The van der Waals surface area contributed by atoms with Crippen molar-refractivity contribution in [3.8, 4) is 5.88 Å². The van der Waals surface area contributed by atoms with Crippen LogP contribution >= 0.6 is 0 Å². The van der Waals surface area contributed by atoms with E-state index in [-0.39, 0.29) is 17.2 Å². The molecular weight excluding hydrogens is 302 g/mol. The van der Waals surface area contributed by atoms with E-state index in [0.717, 1.165) is 0 Å². The van der Waals surface area contributed by atoms with Gasteiger partial charge in [-0.25, -0.2) is 9.50 Å². The van der Waals surface area contributed by atoms with Gasteiger partial charge in [-0.3, -0.25) is 15.5 Å². The molecule has 3 aromatic rings. The summed E-state index contributed by atoms with van der Waals surface area (Å²) in [6.45, 7) is 1.71. The third-order valence-corrected chi connectivity index (χ3v) is 3.16. The highest BCUT2D eigenvalue weighted by Crippen LogP contribution is 2.25. The lowest BCUT2D eigenvalue weighted by atomic mass is 10.3. The van der Waals surface area contributed by atoms with Crippen LogP contribution in [-0.4, -0.2) is 19.5 Å². The highest BCUT2D eigenvalue weighted by molar-refractivity contribution is 5.80. The minimum Gasteiger partial charge on any atom is -0.859 e. The first-order valence-corrected chi connectivity index (χ1v) is 6.55. The predicted octanol–water partition coefficient (Wildman–Crippen LogP) is 1.04. The van der Waals surface area contributed by atoms with Crippen molar-refractivity contribution in [2.45, 2.75) is 6.92 Å². The number of anilines is 3. The number of nitro benzene ring substituents is 1. The first-order chi connectivity index (χ1) is 11.0. The summed E-state index contributed by atoms with van der Waals surface area (Å²) in [6, 6.07) is 7.26. The lowest BCUT2D eigenvalue weighted by Gasteiger charge is -2.10. The molecular formula is C13H12N7O3-. The summed E-state index contributed by atoms with van der Waals surface area (Å²) >= 11 is 0. The molecule has 0 amide bonds. The molecule has 0 aliphatic heterocycles. The molecule has 0 aliphatic rings. The smallest absolute Gasteiger partial charge is 0.271 e. The number of nitrogens with one attached hydrogen (secondary N) is 2. The zero-order chi connectivity index (χ0) is 16.6. The summed E-state index contributed by atoms with van der Waals surface area (Å²) in [5.74, 6) is -0.266. The number of rotatable bonds is 4. The molecule has 0 bridgehead atoms. The average Bonchev–Trinajstić information content (AvgIpc) is 2.81. The molecule has 2 heterocycles. The Morgan fingerprint density at radius 2 is 2.09 bits per heavy atom. The number of nitrogen functional groups attached to an aromatic ring is 1. The molecule has 0 atom stereocenters. The van der Waals surface area contributed by atoms with E-state index in [9.17, 15) is 15.2 Å². The Labute approximate surface area is 129 Å². The van der Waals surface area contributed by atoms with Crippen LogP contribution in [0.3, 0.4) is 0 Å². The normalized spacial score (nSPS) is 10.7. The van der Waals surface area contributed by atoms with Crippen LogP contribution in [0.1, 0.15) is 5.69 Å². The average molecular weight is 314 g/mol. The van der Waals surface area contributed by atoms with Gasteiger partial charge in [0.2, 0.25) is 0 Å². The number of benzene rings is 1. The molecule has 118 valence electrons. The fourth-order valence-electron chi connectivity index (χ4n) is 2.10. The second-order valence-corrected chi connectivity index (χ2v) is 4.79. The van der Waals surface area contributed by atoms with Crippen LogP contribution in [0.25, 0.3) is 5.65 Å². The lowest BCUT2D eigenvalue weighted by Crippen LogP contribution is -2.10. The molecule has 4 N–H and O–H groups in total. The third-order valence-electron chi connectivity index (χ3n) is 3.16. The standard InChI is InChI=1S/C13H13N7O3/c1-7-5-10(21)15-13-11(12(14)18-19(7)13)17-16-8-3-2-4-9(6-8)20(22)23/h2-6,16-17H,1H3,(H2,14,18)(H,15,21)/p-1. The van der Waals surface area contributed by atoms with Gasteiger partial charge in [0.15, 0.2) is 11.5 Å². The van der Waals surface area contributed by atoms with Gasteiger partial charge >= 0.3 is 0 Å². The molecule has 3 rings (SSSR count). The fraction of sp³-hybridized carbons (Fsp3) is 0.0769. The quantitative estimate of drug-likeness (QED) is 0.478. The number of hydrazine groups is 1. The Balaban J connectivity index is 1.92. The number of nitro groups is 1. The van der Waals surface area contributed by atoms with E-state index in [1.54, 1.807) is 19.1 Å². The molecule has 1 aromatic carbocycles. The molecule has 0 spiro atoms. The topological polar surface area (TPSA) is 146 Å². The largest absolute Gasteiger partial charge is 0.859 e. The van der Waals surface area contributed by atoms with Gasteiger partial charge < -0.3 is 16.3 Å². The third kappa shape index (κ3) is 2.64. The van der Waals surface area contributed by atoms with Crippen molar-refractivity contribution in [3.05, 3.63) is 46.1 Å². The highest BCUT2D eigenvalue weighted by Gasteiger charge is 2.13. The van der Waals surface area contributed by atoms with Gasteiger partial charge in [-0.2, -0.15) is 0 Å². The van der Waals surface area contributed by atoms with Gasteiger partial charge in [0.25, 0.3) is 5.69 Å². The van der Waals surface area contributed by atoms with Gasteiger partial charge in [-0.1, -0.05) is 6.07 Å². The number of hydrogen-bond donors (Lipinski definition) is 3. The van der Waals surface area contributed by atoms with Crippen LogP contribution in [0.5, 0.6) is 5.88 Å². The molecule has 0 saturated heterocycles. The van der Waals surface area contributed by atoms with Crippen molar-refractivity contribution >= 4 is 28.5 Å². The Bertz CT molecular complexity index is 906. The van der Waals surface area contributed by atoms with Crippen molar-refractivity contribution in [2.75, 3.05) is 16.6 Å². The van der Waals surface area contributed by atoms with E-state index in [0.29, 0.717) is 17.1 Å². The molecule has 0 fully saturated rings. The first-order valence-electron chi connectivity index (χ1n) is 6.55. The monoisotopic (exact) mass is 314 g/mol. The van der Waals surface area contributed by atoms with Gasteiger partial charge in [-0.05, 0) is 24.9 Å². The number of nitrogens with zero attached hydrogens (tertiary/aromatic N) is 4. The number of hydrogen-bond acceptors (Lipinski definition) is 8. The minimum atomic E-state index is -0.497. The van der Waals surface area contributed by atoms with Crippen LogP contribution < -0.4 is 21.7 Å². The molecule has 10 heteroatoms. The summed E-state index contributed by atoms with van der Waals surface area (Å²) in [7, 11) is 0. The highest BCUT2D eigenvalue weighted by atomic mass is 16.6. The van der Waals surface area contributed by atoms with Crippen LogP contribution in [0, 0.1) is 17.0 Å². The van der Waals surface area contributed by atoms with Gasteiger partial charge in [-0.15, -0.1) is 5.10 Å².